The van der Waals surface area contributed by atoms with Crippen LogP contribution < -0.4 is 4.74 Å². The van der Waals surface area contributed by atoms with Crippen molar-refractivity contribution in [3.63, 3.8) is 0 Å². The van der Waals surface area contributed by atoms with Gasteiger partial charge in [0.2, 0.25) is 5.88 Å². The maximum atomic E-state index is 11.3. The summed E-state index contributed by atoms with van der Waals surface area (Å²) in [6.07, 6.45) is 3.46. The minimum absolute atomic E-state index is 0.126. The number of carboxylic acid groups (broad SMARTS) is 1. The van der Waals surface area contributed by atoms with Crippen molar-refractivity contribution in [3.05, 3.63) is 56.4 Å². The molecule has 1 aliphatic rings. The summed E-state index contributed by atoms with van der Waals surface area (Å²) in [5.74, 6) is -1.07. The van der Waals surface area contributed by atoms with Gasteiger partial charge >= 0.3 is 5.97 Å². The smallest absolute Gasteiger partial charge is 0.339 e. The molecule has 0 saturated carbocycles. The first-order valence-electron chi connectivity index (χ1n) is 8.34. The Balaban J connectivity index is 1.80. The number of benzene rings is 2. The second-order valence-electron chi connectivity index (χ2n) is 6.14. The number of phenols is 1. The highest BCUT2D eigenvalue weighted by atomic mass is 32.1. The summed E-state index contributed by atoms with van der Waals surface area (Å²) in [5, 5.41) is 29.7. The third-order valence-corrected chi connectivity index (χ3v) is 5.73. The molecule has 146 valence electrons. The number of aromatic hydroxyl groups is 2. The number of nitrogens with zero attached hydrogens (tertiary/aromatic N) is 2. The van der Waals surface area contributed by atoms with Gasteiger partial charge in [0.25, 0.3) is 0 Å². The molecule has 0 saturated heterocycles. The van der Waals surface area contributed by atoms with Gasteiger partial charge in [0.05, 0.1) is 23.4 Å². The molecule has 0 amide bonds. The van der Waals surface area contributed by atoms with Crippen LogP contribution in [0, 0.1) is 3.95 Å². The number of carboxylic acids is 1. The SMILES string of the molecule is COc1ccc2c(c1)C(=Cc1sc(=S)n(-c3ccc(O)c(C(=O)O)c3)c1O)C=N2. The summed E-state index contributed by atoms with van der Waals surface area (Å²) < 4.78 is 6.95. The minimum Gasteiger partial charge on any atom is -0.507 e. The van der Waals surface area contributed by atoms with Crippen LogP contribution in [0.2, 0.25) is 0 Å². The molecule has 2 heterocycles. The molecule has 0 atom stereocenters. The van der Waals surface area contributed by atoms with E-state index in [1.54, 1.807) is 19.4 Å². The summed E-state index contributed by atoms with van der Waals surface area (Å²) in [4.78, 5) is 16.1. The standard InChI is InChI=1S/C20H14N2O5S2/c1-27-12-3-4-15-13(8-12)10(9-21-15)6-17-18(24)22(20(28)29-17)11-2-5-16(23)14(7-11)19(25)26/h2-9,23-24H,1H3,(H,25,26). The Bertz CT molecular complexity index is 1270. The van der Waals surface area contributed by atoms with Crippen molar-refractivity contribution >= 4 is 53.1 Å². The van der Waals surface area contributed by atoms with Crippen LogP contribution in [0.1, 0.15) is 20.8 Å². The van der Waals surface area contributed by atoms with E-state index in [1.807, 2.05) is 18.2 Å². The van der Waals surface area contributed by atoms with Crippen LogP contribution in [0.4, 0.5) is 5.69 Å². The quantitative estimate of drug-likeness (QED) is 0.525. The van der Waals surface area contributed by atoms with Crippen LogP contribution in [0.15, 0.2) is 41.4 Å². The topological polar surface area (TPSA) is 104 Å². The molecule has 3 aromatic rings. The van der Waals surface area contributed by atoms with Crippen molar-refractivity contribution in [2.75, 3.05) is 7.11 Å². The lowest BCUT2D eigenvalue weighted by atomic mass is 10.1. The highest BCUT2D eigenvalue weighted by Crippen LogP contribution is 2.38. The fourth-order valence-electron chi connectivity index (χ4n) is 2.99. The number of fused-ring (bicyclic) bond motifs is 1. The van der Waals surface area contributed by atoms with Crippen molar-refractivity contribution in [2.45, 2.75) is 0 Å². The largest absolute Gasteiger partial charge is 0.507 e. The number of carbonyl (C=O) groups is 1. The normalized spacial score (nSPS) is 13.6. The van der Waals surface area contributed by atoms with Gasteiger partial charge in [-0.25, -0.2) is 4.79 Å². The number of methoxy groups -OCH3 is 1. The van der Waals surface area contributed by atoms with E-state index in [2.05, 4.69) is 4.99 Å². The van der Waals surface area contributed by atoms with E-state index in [0.29, 0.717) is 20.3 Å². The van der Waals surface area contributed by atoms with Gasteiger partial charge in [-0.2, -0.15) is 0 Å². The molecular formula is C20H14N2O5S2. The summed E-state index contributed by atoms with van der Waals surface area (Å²) in [5.41, 5.74) is 2.51. The van der Waals surface area contributed by atoms with Crippen LogP contribution in [-0.2, 0) is 0 Å². The Morgan fingerprint density at radius 1 is 1.24 bits per heavy atom. The highest BCUT2D eigenvalue weighted by molar-refractivity contribution is 7.73. The number of aliphatic imine (C=N–C) groups is 1. The van der Waals surface area contributed by atoms with Gasteiger partial charge in [0.15, 0.2) is 3.95 Å². The van der Waals surface area contributed by atoms with Gasteiger partial charge in [-0.05, 0) is 54.7 Å². The lowest BCUT2D eigenvalue weighted by Gasteiger charge is -2.07. The van der Waals surface area contributed by atoms with E-state index < -0.39 is 5.97 Å². The molecule has 1 aromatic heterocycles. The van der Waals surface area contributed by atoms with E-state index in [0.717, 1.165) is 16.8 Å². The Morgan fingerprint density at radius 3 is 2.76 bits per heavy atom. The van der Waals surface area contributed by atoms with Crippen molar-refractivity contribution in [2.24, 2.45) is 4.99 Å². The van der Waals surface area contributed by atoms with Gasteiger partial charge in [-0.1, -0.05) is 0 Å². The molecule has 0 fully saturated rings. The van der Waals surface area contributed by atoms with E-state index in [-0.39, 0.29) is 17.2 Å². The lowest BCUT2D eigenvalue weighted by Crippen LogP contribution is -2.00. The van der Waals surface area contributed by atoms with E-state index >= 15 is 0 Å². The fourth-order valence-corrected chi connectivity index (χ4v) is 4.29. The molecule has 1 aliphatic heterocycles. The third kappa shape index (κ3) is 3.30. The molecule has 0 unspecified atom stereocenters. The predicted molar refractivity (Wildman–Crippen MR) is 114 cm³/mol. The molecule has 0 radical (unpaired) electrons. The average molecular weight is 426 g/mol. The van der Waals surface area contributed by atoms with Crippen molar-refractivity contribution in [1.29, 1.82) is 0 Å². The molecule has 9 heteroatoms. The second kappa shape index (κ2) is 7.19. The Kier molecular flexibility index (Phi) is 4.69. The summed E-state index contributed by atoms with van der Waals surface area (Å²) in [6.45, 7) is 0. The van der Waals surface area contributed by atoms with Crippen LogP contribution in [0.5, 0.6) is 17.4 Å². The fraction of sp³-hybridized carbons (Fsp3) is 0.0500. The van der Waals surface area contributed by atoms with Crippen LogP contribution in [0.25, 0.3) is 17.3 Å². The van der Waals surface area contributed by atoms with Gasteiger partial charge < -0.3 is 20.1 Å². The number of hydrogen-bond donors (Lipinski definition) is 3. The molecule has 0 spiro atoms. The zero-order chi connectivity index (χ0) is 20.7. The zero-order valence-corrected chi connectivity index (χ0v) is 16.6. The van der Waals surface area contributed by atoms with E-state index in [1.165, 1.54) is 34.1 Å². The molecular weight excluding hydrogens is 412 g/mol. The number of rotatable bonds is 4. The first kappa shape index (κ1) is 18.9. The molecule has 2 aromatic carbocycles. The molecule has 0 bridgehead atoms. The third-order valence-electron chi connectivity index (χ3n) is 4.42. The number of hydrogen-bond acceptors (Lipinski definition) is 7. The Labute approximate surface area is 174 Å². The predicted octanol–water partition coefficient (Wildman–Crippen LogP) is 4.64. The maximum Gasteiger partial charge on any atom is 0.339 e. The van der Waals surface area contributed by atoms with Crippen LogP contribution in [-0.4, -0.2) is 39.2 Å². The molecule has 0 aliphatic carbocycles. The summed E-state index contributed by atoms with van der Waals surface area (Å²) >= 11 is 6.55. The molecule has 29 heavy (non-hydrogen) atoms. The first-order chi connectivity index (χ1) is 13.9. The van der Waals surface area contributed by atoms with Gasteiger partial charge in [-0.15, -0.1) is 11.3 Å². The van der Waals surface area contributed by atoms with Gasteiger partial charge in [0.1, 0.15) is 17.1 Å². The van der Waals surface area contributed by atoms with E-state index in [4.69, 9.17) is 17.0 Å². The Hall–Kier alpha value is -3.43. The monoisotopic (exact) mass is 426 g/mol. The van der Waals surface area contributed by atoms with Crippen molar-refractivity contribution in [3.8, 4) is 23.1 Å². The van der Waals surface area contributed by atoms with Crippen LogP contribution in [0.3, 0.4) is 0 Å². The molecule has 7 nitrogen and oxygen atoms in total. The van der Waals surface area contributed by atoms with E-state index in [9.17, 15) is 20.1 Å². The number of aromatic nitrogens is 1. The maximum absolute atomic E-state index is 11.3. The molecule has 3 N–H and O–H groups in total. The first-order valence-corrected chi connectivity index (χ1v) is 9.57. The minimum atomic E-state index is -1.28. The Morgan fingerprint density at radius 2 is 2.03 bits per heavy atom. The number of thiazole rings is 1. The number of ether oxygens (including phenoxy) is 1. The van der Waals surface area contributed by atoms with Gasteiger partial charge in [-0.3, -0.25) is 9.56 Å². The van der Waals surface area contributed by atoms with Crippen molar-refractivity contribution in [1.82, 2.24) is 4.57 Å². The number of allylic oxidation sites excluding steroid dienone is 1. The summed E-state index contributed by atoms with van der Waals surface area (Å²) in [6, 6.07) is 9.53. The van der Waals surface area contributed by atoms with Crippen LogP contribution >= 0.6 is 23.6 Å². The lowest BCUT2D eigenvalue weighted by molar-refractivity contribution is 0.0693. The molecule has 4 rings (SSSR count). The van der Waals surface area contributed by atoms with Gasteiger partial charge in [0, 0.05) is 17.4 Å². The highest BCUT2D eigenvalue weighted by Gasteiger charge is 2.18. The summed E-state index contributed by atoms with van der Waals surface area (Å²) in [7, 11) is 1.58. The second-order valence-corrected chi connectivity index (χ2v) is 7.81. The van der Waals surface area contributed by atoms with Crippen molar-refractivity contribution < 1.29 is 24.9 Å². The average Bonchev–Trinajstić information content (AvgIpc) is 3.22. The number of aromatic carboxylic acids is 1. The zero-order valence-electron chi connectivity index (χ0n) is 15.0.